The number of carbonyl (C=O) groups is 2. The third kappa shape index (κ3) is 7.20. The second-order valence-electron chi connectivity index (χ2n) is 10.4. The van der Waals surface area contributed by atoms with Crippen molar-refractivity contribution in [3.63, 3.8) is 0 Å². The van der Waals surface area contributed by atoms with Crippen LogP contribution in [0.1, 0.15) is 54.7 Å². The minimum Gasteiger partial charge on any atom is -0.324 e. The summed E-state index contributed by atoms with van der Waals surface area (Å²) < 4.78 is 26.4. The molecule has 7 nitrogen and oxygen atoms in total. The van der Waals surface area contributed by atoms with E-state index in [2.05, 4.69) is 31.4 Å². The molecule has 0 aromatic heterocycles. The zero-order chi connectivity index (χ0) is 27.5. The fraction of sp³-hybridized carbons (Fsp3) is 0.310. The Labute approximate surface area is 220 Å². The molecule has 1 atom stereocenters. The van der Waals surface area contributed by atoms with Crippen molar-refractivity contribution in [2.75, 3.05) is 21.2 Å². The smallest absolute Gasteiger partial charge is 0.255 e. The summed E-state index contributed by atoms with van der Waals surface area (Å²) in [6, 6.07) is 18.6. The third-order valence-electron chi connectivity index (χ3n) is 5.95. The molecule has 0 fully saturated rings. The van der Waals surface area contributed by atoms with Crippen molar-refractivity contribution < 1.29 is 18.0 Å². The van der Waals surface area contributed by atoms with Crippen LogP contribution in [0, 0.1) is 13.8 Å². The molecule has 0 aliphatic rings. The van der Waals surface area contributed by atoms with Crippen LogP contribution in [0.5, 0.6) is 0 Å². The fourth-order valence-electron chi connectivity index (χ4n) is 4.13. The highest BCUT2D eigenvalue weighted by atomic mass is 32.2. The molecule has 0 saturated carbocycles. The lowest BCUT2D eigenvalue weighted by atomic mass is 9.87. The van der Waals surface area contributed by atoms with Gasteiger partial charge in [0.1, 0.15) is 6.04 Å². The van der Waals surface area contributed by atoms with Crippen molar-refractivity contribution in [3.8, 4) is 0 Å². The first-order valence-electron chi connectivity index (χ1n) is 12.1. The minimum atomic E-state index is -3.74. The standard InChI is InChI=1S/C29H35N3O4S/c1-19-15-20(2)17-26(16-19)32(37(7,35)36)21(3)27(33)30-24-9-8-10-25(18-24)31-28(34)22-11-13-23(14-12-22)29(4,5)6/h8-18,21H,1-7H3,(H,30,33)(H,31,34)/t21-/m0/s1. The Bertz CT molecular complexity index is 1390. The van der Waals surface area contributed by atoms with E-state index < -0.39 is 22.0 Å². The van der Waals surface area contributed by atoms with Crippen LogP contribution < -0.4 is 14.9 Å². The van der Waals surface area contributed by atoms with Gasteiger partial charge in [0.05, 0.1) is 11.9 Å². The Morgan fingerprint density at radius 2 is 1.38 bits per heavy atom. The van der Waals surface area contributed by atoms with Crippen LogP contribution in [-0.2, 0) is 20.2 Å². The van der Waals surface area contributed by atoms with Crippen LogP contribution in [0.15, 0.2) is 66.7 Å². The summed E-state index contributed by atoms with van der Waals surface area (Å²) in [4.78, 5) is 25.9. The van der Waals surface area contributed by atoms with Gasteiger partial charge in [0.25, 0.3) is 5.91 Å². The van der Waals surface area contributed by atoms with Gasteiger partial charge in [-0.2, -0.15) is 0 Å². The predicted molar refractivity (Wildman–Crippen MR) is 151 cm³/mol. The zero-order valence-corrected chi connectivity index (χ0v) is 23.2. The van der Waals surface area contributed by atoms with Gasteiger partial charge in [-0.3, -0.25) is 13.9 Å². The average Bonchev–Trinajstić information content (AvgIpc) is 2.77. The van der Waals surface area contributed by atoms with E-state index in [9.17, 15) is 18.0 Å². The lowest BCUT2D eigenvalue weighted by Gasteiger charge is -2.29. The Hall–Kier alpha value is -3.65. The second-order valence-corrected chi connectivity index (χ2v) is 12.3. The van der Waals surface area contributed by atoms with E-state index in [-0.39, 0.29) is 11.3 Å². The van der Waals surface area contributed by atoms with Crippen LogP contribution >= 0.6 is 0 Å². The number of benzene rings is 3. The van der Waals surface area contributed by atoms with Crippen LogP contribution in [0.25, 0.3) is 0 Å². The molecule has 0 spiro atoms. The van der Waals surface area contributed by atoms with Gasteiger partial charge in [-0.25, -0.2) is 8.42 Å². The monoisotopic (exact) mass is 521 g/mol. The van der Waals surface area contributed by atoms with Gasteiger partial charge < -0.3 is 10.6 Å². The number of rotatable bonds is 7. The summed E-state index contributed by atoms with van der Waals surface area (Å²) >= 11 is 0. The van der Waals surface area contributed by atoms with Crippen LogP contribution in [0.3, 0.4) is 0 Å². The Kier molecular flexibility index (Phi) is 8.12. The first kappa shape index (κ1) is 27.9. The molecule has 2 N–H and O–H groups in total. The molecule has 2 amide bonds. The maximum Gasteiger partial charge on any atom is 0.255 e. The molecule has 0 radical (unpaired) electrons. The molecule has 3 aromatic carbocycles. The summed E-state index contributed by atoms with van der Waals surface area (Å²) in [5.74, 6) is -0.763. The average molecular weight is 522 g/mol. The number of nitrogens with zero attached hydrogens (tertiary/aromatic N) is 1. The van der Waals surface area contributed by atoms with E-state index in [0.717, 1.165) is 27.3 Å². The van der Waals surface area contributed by atoms with Crippen molar-refractivity contribution in [1.29, 1.82) is 0 Å². The van der Waals surface area contributed by atoms with Gasteiger partial charge in [-0.05, 0) is 85.3 Å². The van der Waals surface area contributed by atoms with Gasteiger partial charge in [-0.15, -0.1) is 0 Å². The van der Waals surface area contributed by atoms with E-state index in [4.69, 9.17) is 0 Å². The summed E-state index contributed by atoms with van der Waals surface area (Å²) in [5.41, 5.74) is 4.81. The number of aryl methyl sites for hydroxylation is 2. The van der Waals surface area contributed by atoms with Crippen molar-refractivity contribution in [2.45, 2.75) is 53.0 Å². The highest BCUT2D eigenvalue weighted by molar-refractivity contribution is 7.92. The molecule has 196 valence electrons. The topological polar surface area (TPSA) is 95.6 Å². The molecule has 0 heterocycles. The van der Waals surface area contributed by atoms with Gasteiger partial charge >= 0.3 is 0 Å². The van der Waals surface area contributed by atoms with Crippen molar-refractivity contribution in [2.24, 2.45) is 0 Å². The SMILES string of the molecule is Cc1cc(C)cc(N([C@@H](C)C(=O)Nc2cccc(NC(=O)c3ccc(C(C)(C)C)cc3)c2)S(C)(=O)=O)c1. The summed E-state index contributed by atoms with van der Waals surface area (Å²) in [6.45, 7) is 11.6. The molecule has 0 aliphatic carbocycles. The molecule has 3 aromatic rings. The number of sulfonamides is 1. The molecule has 37 heavy (non-hydrogen) atoms. The van der Waals surface area contributed by atoms with Crippen molar-refractivity contribution >= 4 is 38.9 Å². The number of carbonyl (C=O) groups excluding carboxylic acids is 2. The first-order chi connectivity index (χ1) is 17.1. The molecule has 3 rings (SSSR count). The Morgan fingerprint density at radius 3 is 1.89 bits per heavy atom. The molecular formula is C29H35N3O4S. The first-order valence-corrected chi connectivity index (χ1v) is 13.9. The van der Waals surface area contributed by atoms with E-state index in [1.165, 1.54) is 0 Å². The Morgan fingerprint density at radius 1 is 0.838 bits per heavy atom. The van der Waals surface area contributed by atoms with Gasteiger partial charge in [-0.1, -0.05) is 45.0 Å². The van der Waals surface area contributed by atoms with E-state index in [1.807, 2.05) is 32.0 Å². The number of hydrogen-bond acceptors (Lipinski definition) is 4. The number of nitrogens with one attached hydrogen (secondary N) is 2. The summed E-state index contributed by atoms with van der Waals surface area (Å²) in [5, 5.41) is 5.62. The summed E-state index contributed by atoms with van der Waals surface area (Å²) in [6.07, 6.45) is 1.08. The highest BCUT2D eigenvalue weighted by Gasteiger charge is 2.29. The quantitative estimate of drug-likeness (QED) is 0.420. The zero-order valence-electron chi connectivity index (χ0n) is 22.4. The van der Waals surface area contributed by atoms with E-state index in [1.54, 1.807) is 55.5 Å². The molecule has 0 bridgehead atoms. The second kappa shape index (κ2) is 10.8. The maximum atomic E-state index is 13.1. The summed E-state index contributed by atoms with van der Waals surface area (Å²) in [7, 11) is -3.74. The molecule has 0 aliphatic heterocycles. The normalized spacial score (nSPS) is 12.5. The lowest BCUT2D eigenvalue weighted by Crippen LogP contribution is -2.45. The van der Waals surface area contributed by atoms with Gasteiger partial charge in [0, 0.05) is 16.9 Å². The van der Waals surface area contributed by atoms with Gasteiger partial charge in [0.15, 0.2) is 0 Å². The fourth-order valence-corrected chi connectivity index (χ4v) is 5.29. The predicted octanol–water partition coefficient (Wildman–Crippen LogP) is 5.65. The van der Waals surface area contributed by atoms with E-state index >= 15 is 0 Å². The van der Waals surface area contributed by atoms with Crippen molar-refractivity contribution in [3.05, 3.63) is 89.0 Å². The molecule has 0 unspecified atom stereocenters. The van der Waals surface area contributed by atoms with E-state index in [0.29, 0.717) is 22.6 Å². The minimum absolute atomic E-state index is 0.0104. The number of amides is 2. The van der Waals surface area contributed by atoms with Crippen LogP contribution in [0.4, 0.5) is 17.1 Å². The number of anilines is 3. The van der Waals surface area contributed by atoms with Crippen molar-refractivity contribution in [1.82, 2.24) is 0 Å². The molecule has 8 heteroatoms. The van der Waals surface area contributed by atoms with Crippen LogP contribution in [-0.4, -0.2) is 32.5 Å². The van der Waals surface area contributed by atoms with Crippen LogP contribution in [0.2, 0.25) is 0 Å². The maximum absolute atomic E-state index is 13.1. The highest BCUT2D eigenvalue weighted by Crippen LogP contribution is 2.25. The Balaban J connectivity index is 1.76. The molecule has 0 saturated heterocycles. The van der Waals surface area contributed by atoms with Gasteiger partial charge in [0.2, 0.25) is 15.9 Å². The molecular weight excluding hydrogens is 486 g/mol. The lowest BCUT2D eigenvalue weighted by molar-refractivity contribution is -0.116. The largest absolute Gasteiger partial charge is 0.324 e. The number of hydrogen-bond donors (Lipinski definition) is 2. The third-order valence-corrected chi connectivity index (χ3v) is 7.19.